The summed E-state index contributed by atoms with van der Waals surface area (Å²) in [5.41, 5.74) is -0.781. The lowest BCUT2D eigenvalue weighted by atomic mass is 10.1. The van der Waals surface area contributed by atoms with E-state index in [0.29, 0.717) is 66.1 Å². The van der Waals surface area contributed by atoms with Crippen LogP contribution in [0, 0.1) is 0 Å². The van der Waals surface area contributed by atoms with Crippen molar-refractivity contribution in [1.82, 2.24) is 14.5 Å². The first-order valence-corrected chi connectivity index (χ1v) is 13.0. The van der Waals surface area contributed by atoms with E-state index in [0.717, 1.165) is 12.8 Å². The van der Waals surface area contributed by atoms with Crippen molar-refractivity contribution in [3.05, 3.63) is 69.2 Å². The molecule has 1 saturated heterocycles. The monoisotopic (exact) mass is 541 g/mol. The molecule has 0 atom stereocenters. The Bertz CT molecular complexity index is 1330. The summed E-state index contributed by atoms with van der Waals surface area (Å²) in [6, 6.07) is 12.4. The molecule has 3 aromatic rings. The standard InChI is InChI=1S/C28H32ClN3O6/c1-4-5-13-23-30-26(33)24(28(35)32(23)25-21(36-2)11-8-12-22(25)37-3)27(34)31-16-14-18(15-17-31)38-20-10-7-6-9-19(20)29/h6-12,18,35H,4-5,13-17H2,1-3H3. The summed E-state index contributed by atoms with van der Waals surface area (Å²) in [7, 11) is 3.00. The number of nitrogens with zero attached hydrogens (tertiary/aromatic N) is 3. The summed E-state index contributed by atoms with van der Waals surface area (Å²) in [6.07, 6.45) is 2.97. The van der Waals surface area contributed by atoms with Crippen molar-refractivity contribution < 1.29 is 24.1 Å². The average molecular weight is 542 g/mol. The maximum absolute atomic E-state index is 13.6. The summed E-state index contributed by atoms with van der Waals surface area (Å²) in [4.78, 5) is 32.5. The highest BCUT2D eigenvalue weighted by molar-refractivity contribution is 6.32. The van der Waals surface area contributed by atoms with Crippen LogP contribution in [0.15, 0.2) is 47.3 Å². The highest BCUT2D eigenvalue weighted by Crippen LogP contribution is 2.37. The largest absolute Gasteiger partial charge is 0.494 e. The van der Waals surface area contributed by atoms with E-state index in [1.54, 1.807) is 35.2 Å². The molecule has 0 spiro atoms. The number of aromatic hydroxyl groups is 1. The normalized spacial score (nSPS) is 13.8. The van der Waals surface area contributed by atoms with Crippen molar-refractivity contribution in [2.45, 2.75) is 45.1 Å². The first-order chi connectivity index (χ1) is 18.4. The fourth-order valence-electron chi connectivity index (χ4n) is 4.58. The Balaban J connectivity index is 1.67. The molecular formula is C28H32ClN3O6. The third kappa shape index (κ3) is 5.57. The predicted molar refractivity (Wildman–Crippen MR) is 144 cm³/mol. The van der Waals surface area contributed by atoms with Gasteiger partial charge in [-0.1, -0.05) is 43.1 Å². The van der Waals surface area contributed by atoms with Gasteiger partial charge in [-0.25, -0.2) is 0 Å². The summed E-state index contributed by atoms with van der Waals surface area (Å²) in [6.45, 7) is 2.72. The Morgan fingerprint density at radius 1 is 1.05 bits per heavy atom. The van der Waals surface area contributed by atoms with Gasteiger partial charge in [0, 0.05) is 32.4 Å². The van der Waals surface area contributed by atoms with Crippen molar-refractivity contribution in [2.75, 3.05) is 27.3 Å². The second kappa shape index (κ2) is 12.2. The van der Waals surface area contributed by atoms with Gasteiger partial charge in [-0.3, -0.25) is 14.2 Å². The Hall–Kier alpha value is -3.72. The molecule has 1 N–H and O–H groups in total. The van der Waals surface area contributed by atoms with Crippen LogP contribution in [0.4, 0.5) is 0 Å². The number of methoxy groups -OCH3 is 2. The van der Waals surface area contributed by atoms with Gasteiger partial charge in [0.25, 0.3) is 11.5 Å². The lowest BCUT2D eigenvalue weighted by Crippen LogP contribution is -2.43. The van der Waals surface area contributed by atoms with Crippen LogP contribution in [-0.2, 0) is 6.42 Å². The third-order valence-corrected chi connectivity index (χ3v) is 6.90. The number of likely N-dealkylation sites (tertiary alicyclic amines) is 1. The maximum Gasteiger partial charge on any atom is 0.289 e. The molecule has 1 amide bonds. The van der Waals surface area contributed by atoms with E-state index < -0.39 is 17.3 Å². The number of hydrogen-bond acceptors (Lipinski definition) is 7. The molecule has 1 aromatic heterocycles. The van der Waals surface area contributed by atoms with Gasteiger partial charge in [-0.05, 0) is 30.7 Å². The van der Waals surface area contributed by atoms with E-state index in [1.165, 1.54) is 18.8 Å². The number of benzene rings is 2. The molecule has 0 radical (unpaired) electrons. The molecule has 0 unspecified atom stereocenters. The zero-order valence-corrected chi connectivity index (χ0v) is 22.5. The molecule has 38 heavy (non-hydrogen) atoms. The van der Waals surface area contributed by atoms with E-state index in [1.807, 2.05) is 19.1 Å². The minimum absolute atomic E-state index is 0.128. The third-order valence-electron chi connectivity index (χ3n) is 6.59. The number of unbranched alkanes of at least 4 members (excludes halogenated alkanes) is 1. The smallest absolute Gasteiger partial charge is 0.289 e. The van der Waals surface area contributed by atoms with E-state index in [-0.39, 0.29) is 11.7 Å². The van der Waals surface area contributed by atoms with Crippen LogP contribution in [0.25, 0.3) is 5.69 Å². The Morgan fingerprint density at radius 2 is 1.68 bits per heavy atom. The Morgan fingerprint density at radius 3 is 2.29 bits per heavy atom. The van der Waals surface area contributed by atoms with Crippen LogP contribution in [0.3, 0.4) is 0 Å². The maximum atomic E-state index is 13.6. The van der Waals surface area contributed by atoms with Gasteiger partial charge in [0.05, 0.1) is 19.2 Å². The number of aryl methyl sites for hydroxylation is 1. The van der Waals surface area contributed by atoms with Gasteiger partial charge in [0.1, 0.15) is 34.9 Å². The Kier molecular flexibility index (Phi) is 8.78. The SMILES string of the molecule is CCCCc1nc(=O)c(C(=O)N2CCC(Oc3ccccc3Cl)CC2)c(O)n1-c1c(OC)cccc1OC. The highest BCUT2D eigenvalue weighted by atomic mass is 35.5. The van der Waals surface area contributed by atoms with E-state index >= 15 is 0 Å². The number of aromatic nitrogens is 2. The molecule has 1 fully saturated rings. The zero-order chi connectivity index (χ0) is 27.2. The number of carbonyl (C=O) groups excluding carboxylic acids is 1. The average Bonchev–Trinajstić information content (AvgIpc) is 2.93. The minimum Gasteiger partial charge on any atom is -0.494 e. The van der Waals surface area contributed by atoms with Crippen LogP contribution in [0.5, 0.6) is 23.1 Å². The number of amides is 1. The lowest BCUT2D eigenvalue weighted by molar-refractivity contribution is 0.0590. The molecule has 2 aromatic carbocycles. The van der Waals surface area contributed by atoms with Crippen molar-refractivity contribution in [3.8, 4) is 28.8 Å². The number of para-hydroxylation sites is 2. The molecule has 4 rings (SSSR count). The molecule has 0 bridgehead atoms. The second-order valence-corrected chi connectivity index (χ2v) is 9.43. The van der Waals surface area contributed by atoms with E-state index in [9.17, 15) is 14.7 Å². The van der Waals surface area contributed by atoms with Crippen molar-refractivity contribution in [2.24, 2.45) is 0 Å². The summed E-state index contributed by atoms with van der Waals surface area (Å²) in [5, 5.41) is 12.0. The molecule has 0 aliphatic carbocycles. The van der Waals surface area contributed by atoms with Crippen LogP contribution in [-0.4, -0.2) is 58.9 Å². The lowest BCUT2D eigenvalue weighted by Gasteiger charge is -2.32. The fourth-order valence-corrected chi connectivity index (χ4v) is 4.76. The van der Waals surface area contributed by atoms with Gasteiger partial charge in [0.15, 0.2) is 5.56 Å². The van der Waals surface area contributed by atoms with Crippen molar-refractivity contribution in [3.63, 3.8) is 0 Å². The molecule has 2 heterocycles. The van der Waals surface area contributed by atoms with Crippen molar-refractivity contribution in [1.29, 1.82) is 0 Å². The Labute approximate surface area is 226 Å². The van der Waals surface area contributed by atoms with E-state index in [2.05, 4.69) is 4.98 Å². The van der Waals surface area contributed by atoms with Crippen LogP contribution >= 0.6 is 11.6 Å². The summed E-state index contributed by atoms with van der Waals surface area (Å²) >= 11 is 6.21. The number of carbonyl (C=O) groups is 1. The van der Waals surface area contributed by atoms with Crippen LogP contribution in [0.2, 0.25) is 5.02 Å². The molecule has 1 aliphatic rings. The van der Waals surface area contributed by atoms with Gasteiger partial charge in [-0.15, -0.1) is 0 Å². The highest BCUT2D eigenvalue weighted by Gasteiger charge is 2.32. The van der Waals surface area contributed by atoms with Crippen LogP contribution < -0.4 is 19.8 Å². The predicted octanol–water partition coefficient (Wildman–Crippen LogP) is 4.63. The van der Waals surface area contributed by atoms with Crippen LogP contribution in [0.1, 0.15) is 48.8 Å². The number of ether oxygens (including phenoxy) is 3. The van der Waals surface area contributed by atoms with Gasteiger partial charge < -0.3 is 24.2 Å². The summed E-state index contributed by atoms with van der Waals surface area (Å²) in [5.74, 6) is 0.648. The molecule has 9 nitrogen and oxygen atoms in total. The van der Waals surface area contributed by atoms with Gasteiger partial charge in [0.2, 0.25) is 5.88 Å². The first-order valence-electron chi connectivity index (χ1n) is 12.7. The van der Waals surface area contributed by atoms with Gasteiger partial charge >= 0.3 is 0 Å². The molecule has 202 valence electrons. The minimum atomic E-state index is -0.766. The topological polar surface area (TPSA) is 103 Å². The fraction of sp³-hybridized carbons (Fsp3) is 0.393. The molecule has 0 saturated carbocycles. The quantitative estimate of drug-likeness (QED) is 0.421. The number of halogens is 1. The summed E-state index contributed by atoms with van der Waals surface area (Å²) < 4.78 is 18.5. The van der Waals surface area contributed by atoms with Crippen molar-refractivity contribution >= 4 is 17.5 Å². The number of rotatable bonds is 9. The zero-order valence-electron chi connectivity index (χ0n) is 21.8. The number of piperidine rings is 1. The first kappa shape index (κ1) is 27.3. The van der Waals surface area contributed by atoms with E-state index in [4.69, 9.17) is 25.8 Å². The number of hydrogen-bond donors (Lipinski definition) is 1. The molecular weight excluding hydrogens is 510 g/mol. The van der Waals surface area contributed by atoms with Gasteiger partial charge in [-0.2, -0.15) is 4.98 Å². The molecule has 1 aliphatic heterocycles. The molecule has 10 heteroatoms. The second-order valence-electron chi connectivity index (χ2n) is 9.02.